The molecule has 1 amide bonds. The van der Waals surface area contributed by atoms with E-state index >= 15 is 0 Å². The zero-order valence-electron chi connectivity index (χ0n) is 14.0. The van der Waals surface area contributed by atoms with Gasteiger partial charge in [0.05, 0.1) is 6.33 Å². The van der Waals surface area contributed by atoms with Crippen molar-refractivity contribution in [2.24, 2.45) is 17.3 Å². The highest BCUT2D eigenvalue weighted by molar-refractivity contribution is 5.84. The van der Waals surface area contributed by atoms with Crippen LogP contribution in [-0.2, 0) is 11.3 Å². The number of carbonyl (C=O) groups excluding carboxylic acids is 1. The minimum Gasteiger partial charge on any atom is -0.382 e. The van der Waals surface area contributed by atoms with Gasteiger partial charge < -0.3 is 15.6 Å². The molecule has 0 spiro atoms. The third-order valence-electron chi connectivity index (χ3n) is 5.83. The molecule has 3 N–H and O–H groups in total. The lowest BCUT2D eigenvalue weighted by atomic mass is 9.71. The minimum atomic E-state index is -4.53. The van der Waals surface area contributed by atoms with Gasteiger partial charge in [-0.2, -0.15) is 13.2 Å². The Morgan fingerprint density at radius 3 is 2.81 bits per heavy atom. The Labute approximate surface area is 147 Å². The lowest BCUT2D eigenvalue weighted by Gasteiger charge is -2.37. The summed E-state index contributed by atoms with van der Waals surface area (Å²) in [4.78, 5) is 24.6. The van der Waals surface area contributed by atoms with Crippen molar-refractivity contribution in [2.45, 2.75) is 38.4 Å². The first-order chi connectivity index (χ1) is 12.3. The number of imidazole rings is 1. The molecule has 4 rings (SSSR count). The van der Waals surface area contributed by atoms with E-state index in [-0.39, 0.29) is 31.2 Å². The fourth-order valence-corrected chi connectivity index (χ4v) is 4.59. The van der Waals surface area contributed by atoms with Gasteiger partial charge in [-0.05, 0) is 31.1 Å². The van der Waals surface area contributed by atoms with Gasteiger partial charge in [0, 0.05) is 13.1 Å². The van der Waals surface area contributed by atoms with Crippen molar-refractivity contribution >= 4 is 22.9 Å². The molecular formula is C16H19F3N6O. The Bertz CT molecular complexity index is 850. The number of aromatic nitrogens is 4. The lowest BCUT2D eigenvalue weighted by molar-refractivity contribution is -0.235. The van der Waals surface area contributed by atoms with Crippen molar-refractivity contribution in [3.63, 3.8) is 0 Å². The van der Waals surface area contributed by atoms with E-state index in [2.05, 4.69) is 20.3 Å². The molecule has 0 aliphatic heterocycles. The van der Waals surface area contributed by atoms with Crippen molar-refractivity contribution in [1.29, 1.82) is 0 Å². The number of rotatable bonds is 4. The predicted molar refractivity (Wildman–Crippen MR) is 86.7 cm³/mol. The van der Waals surface area contributed by atoms with Gasteiger partial charge in [-0.1, -0.05) is 6.42 Å². The van der Waals surface area contributed by atoms with Gasteiger partial charge >= 0.3 is 6.18 Å². The van der Waals surface area contributed by atoms with Gasteiger partial charge in [-0.15, -0.1) is 0 Å². The second kappa shape index (κ2) is 5.82. The number of nitrogens with two attached hydrogens (primary N) is 1. The molecular weight excluding hydrogens is 349 g/mol. The summed E-state index contributed by atoms with van der Waals surface area (Å²) in [6.07, 6.45) is -0.0838. The van der Waals surface area contributed by atoms with Gasteiger partial charge in [0.1, 0.15) is 17.3 Å². The number of halogens is 3. The van der Waals surface area contributed by atoms with Crippen LogP contribution in [0.5, 0.6) is 0 Å². The van der Waals surface area contributed by atoms with Gasteiger partial charge in [0.2, 0.25) is 5.91 Å². The number of hydrogen-bond acceptors (Lipinski definition) is 5. The second-order valence-corrected chi connectivity index (χ2v) is 7.17. The average molecular weight is 368 g/mol. The predicted octanol–water partition coefficient (Wildman–Crippen LogP) is 1.89. The molecule has 2 aliphatic rings. The molecule has 0 radical (unpaired) electrons. The summed E-state index contributed by atoms with van der Waals surface area (Å²) in [5, 5.41) is 2.49. The summed E-state index contributed by atoms with van der Waals surface area (Å²) < 4.78 is 42.9. The highest BCUT2D eigenvalue weighted by atomic mass is 19.4. The number of nitrogen functional groups attached to an aromatic ring is 1. The molecule has 10 heteroatoms. The fourth-order valence-electron chi connectivity index (χ4n) is 4.59. The van der Waals surface area contributed by atoms with Crippen LogP contribution in [0.15, 0.2) is 12.7 Å². The normalized spacial score (nSPS) is 28.0. The van der Waals surface area contributed by atoms with E-state index in [1.54, 1.807) is 4.57 Å². The molecule has 140 valence electrons. The molecule has 2 fully saturated rings. The van der Waals surface area contributed by atoms with Crippen LogP contribution in [0.25, 0.3) is 11.2 Å². The average Bonchev–Trinajstić information content (AvgIpc) is 3.29. The van der Waals surface area contributed by atoms with Gasteiger partial charge in [-0.25, -0.2) is 15.0 Å². The summed E-state index contributed by atoms with van der Waals surface area (Å²) in [5.41, 5.74) is 4.38. The molecule has 26 heavy (non-hydrogen) atoms. The quantitative estimate of drug-likeness (QED) is 0.859. The fraction of sp³-hybridized carbons (Fsp3) is 0.625. The monoisotopic (exact) mass is 368 g/mol. The summed E-state index contributed by atoms with van der Waals surface area (Å²) in [6.45, 7) is 0.310. The third kappa shape index (κ3) is 2.42. The van der Waals surface area contributed by atoms with Gasteiger partial charge in [0.25, 0.3) is 0 Å². The van der Waals surface area contributed by atoms with E-state index < -0.39 is 23.4 Å². The number of hydrogen-bond donors (Lipinski definition) is 2. The Balaban J connectivity index is 1.47. The summed E-state index contributed by atoms with van der Waals surface area (Å²) in [7, 11) is 0. The maximum absolute atomic E-state index is 13.8. The Hall–Kier alpha value is -2.39. The van der Waals surface area contributed by atoms with Crippen LogP contribution in [0.4, 0.5) is 19.0 Å². The first-order valence-corrected chi connectivity index (χ1v) is 8.59. The summed E-state index contributed by atoms with van der Waals surface area (Å²) >= 11 is 0. The standard InChI is InChI=1S/C16H19F3N6O/c17-16(18,19)15(6-9-1-2-10(15)5-9)14(26)21-3-4-25-8-24-11-12(20)22-7-23-13(11)25/h7-10H,1-6H2,(H,21,26)(H2,20,22,23). The largest absolute Gasteiger partial charge is 0.403 e. The number of anilines is 1. The first-order valence-electron chi connectivity index (χ1n) is 8.59. The Morgan fingerprint density at radius 1 is 1.35 bits per heavy atom. The van der Waals surface area contributed by atoms with Crippen LogP contribution in [-0.4, -0.2) is 38.1 Å². The van der Waals surface area contributed by atoms with E-state index in [0.717, 1.165) is 6.42 Å². The lowest BCUT2D eigenvalue weighted by Crippen LogP contribution is -2.54. The van der Waals surface area contributed by atoms with Crippen LogP contribution in [0, 0.1) is 17.3 Å². The number of nitrogens with one attached hydrogen (secondary N) is 1. The smallest absolute Gasteiger partial charge is 0.382 e. The van der Waals surface area contributed by atoms with Crippen LogP contribution >= 0.6 is 0 Å². The van der Waals surface area contributed by atoms with Crippen LogP contribution in [0.1, 0.15) is 25.7 Å². The summed E-state index contributed by atoms with van der Waals surface area (Å²) in [6, 6.07) is 0. The number of amides is 1. The molecule has 7 nitrogen and oxygen atoms in total. The van der Waals surface area contributed by atoms with Crippen molar-refractivity contribution < 1.29 is 18.0 Å². The highest BCUT2D eigenvalue weighted by Gasteiger charge is 2.69. The minimum absolute atomic E-state index is 0.00430. The van der Waals surface area contributed by atoms with E-state index in [4.69, 9.17) is 5.73 Å². The second-order valence-electron chi connectivity index (χ2n) is 7.17. The first kappa shape index (κ1) is 17.0. The van der Waals surface area contributed by atoms with E-state index in [1.807, 2.05) is 0 Å². The van der Waals surface area contributed by atoms with Gasteiger partial charge in [-0.3, -0.25) is 4.79 Å². The Morgan fingerprint density at radius 2 is 2.15 bits per heavy atom. The molecule has 0 saturated heterocycles. The highest BCUT2D eigenvalue weighted by Crippen LogP contribution is 2.62. The molecule has 3 unspecified atom stereocenters. The van der Waals surface area contributed by atoms with Gasteiger partial charge in [0.15, 0.2) is 11.5 Å². The van der Waals surface area contributed by atoms with Crippen molar-refractivity contribution in [3.8, 4) is 0 Å². The van der Waals surface area contributed by atoms with E-state index in [9.17, 15) is 18.0 Å². The zero-order chi connectivity index (χ0) is 18.5. The van der Waals surface area contributed by atoms with E-state index in [1.165, 1.54) is 12.7 Å². The zero-order valence-corrected chi connectivity index (χ0v) is 14.0. The molecule has 2 saturated carbocycles. The maximum atomic E-state index is 13.8. The number of nitrogens with zero attached hydrogens (tertiary/aromatic N) is 4. The number of alkyl halides is 3. The molecule has 2 aromatic rings. The SMILES string of the molecule is Nc1ncnc2c1ncn2CCNC(=O)C1(C(F)(F)F)CC2CCC1C2. The molecule has 2 aromatic heterocycles. The maximum Gasteiger partial charge on any atom is 0.403 e. The molecule has 3 atom stereocenters. The number of fused-ring (bicyclic) bond motifs is 3. The molecule has 0 aromatic carbocycles. The van der Waals surface area contributed by atoms with Crippen molar-refractivity contribution in [1.82, 2.24) is 24.8 Å². The van der Waals surface area contributed by atoms with Crippen LogP contribution in [0.2, 0.25) is 0 Å². The third-order valence-corrected chi connectivity index (χ3v) is 5.83. The van der Waals surface area contributed by atoms with Crippen molar-refractivity contribution in [3.05, 3.63) is 12.7 Å². The number of carbonyl (C=O) groups is 1. The molecule has 2 heterocycles. The summed E-state index contributed by atoms with van der Waals surface area (Å²) in [5.74, 6) is -1.27. The van der Waals surface area contributed by atoms with Crippen molar-refractivity contribution in [2.75, 3.05) is 12.3 Å². The topological polar surface area (TPSA) is 98.7 Å². The Kier molecular flexibility index (Phi) is 3.81. The molecule has 2 bridgehead atoms. The van der Waals surface area contributed by atoms with E-state index in [0.29, 0.717) is 24.0 Å². The molecule has 2 aliphatic carbocycles. The van der Waals surface area contributed by atoms with Crippen LogP contribution < -0.4 is 11.1 Å². The van der Waals surface area contributed by atoms with Crippen LogP contribution in [0.3, 0.4) is 0 Å².